The molecule has 4 nitrogen and oxygen atoms in total. The van der Waals surface area contributed by atoms with E-state index >= 15 is 0 Å². The summed E-state index contributed by atoms with van der Waals surface area (Å²) in [6.07, 6.45) is 3.20. The van der Waals surface area contributed by atoms with E-state index in [0.717, 1.165) is 16.7 Å². The topological polar surface area (TPSA) is 55.4 Å². The van der Waals surface area contributed by atoms with Crippen LogP contribution in [0.25, 0.3) is 0 Å². The first-order valence-electron chi connectivity index (χ1n) is 10.7. The number of allylic oxidation sites excluding steroid dienone is 2. The van der Waals surface area contributed by atoms with Crippen LogP contribution < -0.4 is 5.32 Å². The molecule has 0 fully saturated rings. The molecule has 0 saturated carbocycles. The number of carbonyl (C=O) groups excluding carboxylic acids is 2. The maximum Gasteiger partial charge on any atom is 0.323 e. The Kier molecular flexibility index (Phi) is 8.12. The third-order valence-electron chi connectivity index (χ3n) is 5.66. The van der Waals surface area contributed by atoms with Crippen molar-refractivity contribution in [3.8, 4) is 0 Å². The smallest absolute Gasteiger partial charge is 0.323 e. The third-order valence-corrected chi connectivity index (χ3v) is 5.66. The van der Waals surface area contributed by atoms with Crippen LogP contribution in [0.1, 0.15) is 30.0 Å². The van der Waals surface area contributed by atoms with Gasteiger partial charge in [0, 0.05) is 13.0 Å². The van der Waals surface area contributed by atoms with Gasteiger partial charge in [0.25, 0.3) is 0 Å². The van der Waals surface area contributed by atoms with Gasteiger partial charge >= 0.3 is 5.97 Å². The van der Waals surface area contributed by atoms with Crippen molar-refractivity contribution in [2.45, 2.75) is 24.8 Å². The summed E-state index contributed by atoms with van der Waals surface area (Å²) in [6.45, 7) is 2.19. The molecule has 0 aliphatic rings. The predicted octanol–water partition coefficient (Wildman–Crippen LogP) is 4.69. The number of rotatable bonds is 10. The maximum atomic E-state index is 12.5. The molecule has 0 saturated heterocycles. The van der Waals surface area contributed by atoms with Crippen molar-refractivity contribution in [2.75, 3.05) is 13.7 Å². The second kappa shape index (κ2) is 11.2. The zero-order chi connectivity index (χ0) is 22.8. The molecule has 32 heavy (non-hydrogen) atoms. The van der Waals surface area contributed by atoms with Crippen LogP contribution in [-0.4, -0.2) is 31.4 Å². The average molecular weight is 428 g/mol. The molecule has 0 unspecified atom stereocenters. The van der Waals surface area contributed by atoms with E-state index in [9.17, 15) is 9.59 Å². The Morgan fingerprint density at radius 3 is 1.66 bits per heavy atom. The van der Waals surface area contributed by atoms with Gasteiger partial charge in [-0.25, -0.2) is 0 Å². The minimum absolute atomic E-state index is 0.0332. The minimum atomic E-state index is -0.751. The van der Waals surface area contributed by atoms with E-state index in [-0.39, 0.29) is 12.2 Å². The summed E-state index contributed by atoms with van der Waals surface area (Å²) in [7, 11) is 1.34. The summed E-state index contributed by atoms with van der Waals surface area (Å²) >= 11 is 0. The first kappa shape index (κ1) is 23.2. The van der Waals surface area contributed by atoms with Crippen molar-refractivity contribution in [1.82, 2.24) is 5.32 Å². The molecule has 0 aliphatic carbocycles. The van der Waals surface area contributed by atoms with E-state index < -0.39 is 17.4 Å². The minimum Gasteiger partial charge on any atom is -0.468 e. The SMILES string of the molecule is C/C=C/C(=O)C[C@H](NCC(c1ccccc1)(c1ccccc1)c1ccccc1)C(=O)OC. The molecule has 0 heterocycles. The van der Waals surface area contributed by atoms with E-state index in [1.807, 2.05) is 54.6 Å². The highest BCUT2D eigenvalue weighted by Crippen LogP contribution is 2.38. The summed E-state index contributed by atoms with van der Waals surface area (Å²) in [5.41, 5.74) is 2.70. The molecule has 0 aromatic heterocycles. The van der Waals surface area contributed by atoms with E-state index in [1.54, 1.807) is 13.0 Å². The average Bonchev–Trinajstić information content (AvgIpc) is 2.85. The van der Waals surface area contributed by atoms with Gasteiger partial charge in [-0.05, 0) is 29.7 Å². The number of methoxy groups -OCH3 is 1. The van der Waals surface area contributed by atoms with Crippen molar-refractivity contribution in [1.29, 1.82) is 0 Å². The zero-order valence-corrected chi connectivity index (χ0v) is 18.5. The molecule has 1 N–H and O–H groups in total. The predicted molar refractivity (Wildman–Crippen MR) is 127 cm³/mol. The molecule has 4 heteroatoms. The molecule has 0 radical (unpaired) electrons. The quantitative estimate of drug-likeness (QED) is 0.290. The van der Waals surface area contributed by atoms with Crippen molar-refractivity contribution < 1.29 is 14.3 Å². The van der Waals surface area contributed by atoms with Crippen molar-refractivity contribution in [3.63, 3.8) is 0 Å². The summed E-state index contributed by atoms with van der Waals surface area (Å²) in [6, 6.07) is 29.9. The Bertz CT molecular complexity index is 933. The highest BCUT2D eigenvalue weighted by molar-refractivity contribution is 5.93. The van der Waals surface area contributed by atoms with E-state index in [0.29, 0.717) is 6.54 Å². The highest BCUT2D eigenvalue weighted by atomic mass is 16.5. The number of benzene rings is 3. The monoisotopic (exact) mass is 427 g/mol. The third kappa shape index (κ3) is 5.21. The summed E-state index contributed by atoms with van der Waals surface area (Å²) in [5.74, 6) is -0.578. The lowest BCUT2D eigenvalue weighted by Crippen LogP contribution is -2.48. The van der Waals surface area contributed by atoms with Crippen molar-refractivity contribution in [3.05, 3.63) is 120 Å². The van der Waals surface area contributed by atoms with Crippen LogP contribution >= 0.6 is 0 Å². The molecular weight excluding hydrogens is 398 g/mol. The molecule has 0 spiro atoms. The molecule has 1 atom stereocenters. The van der Waals surface area contributed by atoms with Crippen molar-refractivity contribution >= 4 is 11.8 Å². The lowest BCUT2D eigenvalue weighted by Gasteiger charge is -2.37. The van der Waals surface area contributed by atoms with Crippen LogP contribution in [-0.2, 0) is 19.7 Å². The van der Waals surface area contributed by atoms with Crippen LogP contribution in [0.4, 0.5) is 0 Å². The Labute approximate surface area is 189 Å². The van der Waals surface area contributed by atoms with E-state index in [1.165, 1.54) is 13.2 Å². The van der Waals surface area contributed by atoms with Gasteiger partial charge in [-0.15, -0.1) is 0 Å². The molecule has 3 rings (SSSR count). The number of hydrogen-bond donors (Lipinski definition) is 1. The lowest BCUT2D eigenvalue weighted by atomic mass is 9.69. The number of carbonyl (C=O) groups is 2. The molecule has 0 aliphatic heterocycles. The van der Waals surface area contributed by atoms with Gasteiger partial charge < -0.3 is 10.1 Å². The number of esters is 1. The summed E-state index contributed by atoms with van der Waals surface area (Å²) < 4.78 is 5.00. The van der Waals surface area contributed by atoms with Gasteiger partial charge in [0.05, 0.1) is 12.5 Å². The summed E-state index contributed by atoms with van der Waals surface area (Å²) in [5, 5.41) is 3.37. The fraction of sp³-hybridized carbons (Fsp3) is 0.214. The number of ketones is 1. The first-order chi connectivity index (χ1) is 15.6. The largest absolute Gasteiger partial charge is 0.468 e. The fourth-order valence-corrected chi connectivity index (χ4v) is 4.09. The van der Waals surface area contributed by atoms with Gasteiger partial charge in [-0.2, -0.15) is 0 Å². The fourth-order valence-electron chi connectivity index (χ4n) is 4.09. The van der Waals surface area contributed by atoms with Crippen LogP contribution in [0.15, 0.2) is 103 Å². The van der Waals surface area contributed by atoms with Gasteiger partial charge in [-0.3, -0.25) is 9.59 Å². The highest BCUT2D eigenvalue weighted by Gasteiger charge is 2.37. The van der Waals surface area contributed by atoms with Gasteiger partial charge in [0.2, 0.25) is 0 Å². The van der Waals surface area contributed by atoms with Crippen molar-refractivity contribution in [2.24, 2.45) is 0 Å². The number of hydrogen-bond acceptors (Lipinski definition) is 4. The maximum absolute atomic E-state index is 12.5. The molecule has 0 amide bonds. The van der Waals surface area contributed by atoms with Gasteiger partial charge in [0.15, 0.2) is 5.78 Å². The molecular formula is C28H29NO3. The molecule has 0 bridgehead atoms. The Morgan fingerprint density at radius 2 is 1.28 bits per heavy atom. The van der Waals surface area contributed by atoms with Gasteiger partial charge in [0.1, 0.15) is 6.04 Å². The van der Waals surface area contributed by atoms with Crippen LogP contribution in [0, 0.1) is 0 Å². The Hall–Kier alpha value is -3.50. The normalized spacial score (nSPS) is 12.4. The van der Waals surface area contributed by atoms with Crippen LogP contribution in [0.2, 0.25) is 0 Å². The molecule has 3 aromatic rings. The second-order valence-corrected chi connectivity index (χ2v) is 7.63. The second-order valence-electron chi connectivity index (χ2n) is 7.63. The number of nitrogens with one attached hydrogen (secondary N) is 1. The van der Waals surface area contributed by atoms with Crippen LogP contribution in [0.3, 0.4) is 0 Å². The Balaban J connectivity index is 2.10. The van der Waals surface area contributed by atoms with Gasteiger partial charge in [-0.1, -0.05) is 97.1 Å². The molecule has 3 aromatic carbocycles. The first-order valence-corrected chi connectivity index (χ1v) is 10.7. The van der Waals surface area contributed by atoms with Crippen LogP contribution in [0.5, 0.6) is 0 Å². The summed E-state index contributed by atoms with van der Waals surface area (Å²) in [4.78, 5) is 24.8. The van der Waals surface area contributed by atoms with E-state index in [2.05, 4.69) is 41.7 Å². The lowest BCUT2D eigenvalue weighted by molar-refractivity contribution is -0.144. The number of ether oxygens (including phenoxy) is 1. The Morgan fingerprint density at radius 1 is 0.844 bits per heavy atom. The standard InChI is InChI=1S/C28H29NO3/c1-3-13-25(30)20-26(27(31)32-2)29-21-28(22-14-7-4-8-15-22,23-16-9-5-10-17-23)24-18-11-6-12-19-24/h3-19,26,29H,20-21H2,1-2H3/b13-3+/t26-/m0/s1. The zero-order valence-electron chi connectivity index (χ0n) is 18.5. The molecule has 164 valence electrons. The van der Waals surface area contributed by atoms with E-state index in [4.69, 9.17) is 4.74 Å².